The summed E-state index contributed by atoms with van der Waals surface area (Å²) in [5.41, 5.74) is 7.62. The van der Waals surface area contributed by atoms with Gasteiger partial charge in [0.25, 0.3) is 5.91 Å². The van der Waals surface area contributed by atoms with Gasteiger partial charge in [-0.1, -0.05) is 6.07 Å². The van der Waals surface area contributed by atoms with Crippen molar-refractivity contribution in [3.8, 4) is 17.0 Å². The van der Waals surface area contributed by atoms with E-state index >= 15 is 0 Å². The molecule has 2 aromatic heterocycles. The first-order valence-electron chi connectivity index (χ1n) is 8.45. The third-order valence-corrected chi connectivity index (χ3v) is 4.91. The second-order valence-corrected chi connectivity index (χ2v) is 7.01. The Bertz CT molecular complexity index is 1080. The van der Waals surface area contributed by atoms with Gasteiger partial charge in [-0.2, -0.15) is 5.10 Å². The molecule has 136 valence electrons. The summed E-state index contributed by atoms with van der Waals surface area (Å²) in [6.45, 7) is 0. The van der Waals surface area contributed by atoms with Crippen LogP contribution in [0.15, 0.2) is 58.1 Å². The average Bonchev–Trinajstić information content (AvgIpc) is 3.40. The highest BCUT2D eigenvalue weighted by atomic mass is 32.1. The van der Waals surface area contributed by atoms with Crippen LogP contribution in [-0.2, 0) is 0 Å². The zero-order valence-electron chi connectivity index (χ0n) is 14.3. The van der Waals surface area contributed by atoms with Crippen LogP contribution in [0, 0.1) is 0 Å². The molecular weight excluding hydrogens is 362 g/mol. The van der Waals surface area contributed by atoms with E-state index in [-0.39, 0.29) is 11.3 Å². The van der Waals surface area contributed by atoms with Gasteiger partial charge in [0.15, 0.2) is 0 Å². The third-order valence-electron chi connectivity index (χ3n) is 4.08. The lowest BCUT2D eigenvalue weighted by molar-refractivity contribution is 0.0998. The van der Waals surface area contributed by atoms with Crippen molar-refractivity contribution in [2.45, 2.75) is 18.9 Å². The molecule has 1 fully saturated rings. The van der Waals surface area contributed by atoms with E-state index in [2.05, 4.69) is 10.1 Å². The summed E-state index contributed by atoms with van der Waals surface area (Å²) in [7, 11) is 0. The molecule has 2 heterocycles. The van der Waals surface area contributed by atoms with Crippen molar-refractivity contribution in [1.82, 2.24) is 9.66 Å². The minimum atomic E-state index is -0.684. The molecule has 0 atom stereocenters. The van der Waals surface area contributed by atoms with Crippen LogP contribution in [0.1, 0.15) is 28.9 Å². The fourth-order valence-corrected chi connectivity index (χ4v) is 3.43. The summed E-state index contributed by atoms with van der Waals surface area (Å²) in [5, 5.41) is 16.3. The average molecular weight is 379 g/mol. The van der Waals surface area contributed by atoms with Crippen LogP contribution in [0.2, 0.25) is 0 Å². The van der Waals surface area contributed by atoms with Crippen LogP contribution in [0.25, 0.3) is 11.3 Å². The number of rotatable bonds is 5. The zero-order chi connectivity index (χ0) is 18.8. The first-order valence-corrected chi connectivity index (χ1v) is 9.33. The lowest BCUT2D eigenvalue weighted by Gasteiger charge is -2.06. The van der Waals surface area contributed by atoms with Gasteiger partial charge in [-0.15, -0.1) is 11.3 Å². The maximum absolute atomic E-state index is 11.6. The number of primary amides is 1. The van der Waals surface area contributed by atoms with Crippen LogP contribution < -0.4 is 10.5 Å². The van der Waals surface area contributed by atoms with E-state index in [4.69, 9.17) is 10.7 Å². The van der Waals surface area contributed by atoms with Crippen molar-refractivity contribution < 1.29 is 9.90 Å². The lowest BCUT2D eigenvalue weighted by Crippen LogP contribution is -2.14. The maximum Gasteiger partial charge on any atom is 0.252 e. The fraction of sp³-hybridized carbons (Fsp3) is 0.158. The van der Waals surface area contributed by atoms with Gasteiger partial charge in [0.2, 0.25) is 4.80 Å². The van der Waals surface area contributed by atoms with E-state index in [0.717, 1.165) is 29.0 Å². The van der Waals surface area contributed by atoms with E-state index in [1.54, 1.807) is 29.2 Å². The van der Waals surface area contributed by atoms with Crippen molar-refractivity contribution in [2.24, 2.45) is 15.8 Å². The van der Waals surface area contributed by atoms with Crippen molar-refractivity contribution in [3.05, 3.63) is 64.0 Å². The van der Waals surface area contributed by atoms with Gasteiger partial charge in [0, 0.05) is 17.1 Å². The van der Waals surface area contributed by atoms with Gasteiger partial charge in [-0.25, -0.2) is 4.68 Å². The molecule has 0 aliphatic heterocycles. The predicted molar refractivity (Wildman–Crippen MR) is 104 cm³/mol. The molecule has 1 saturated carbocycles. The molecule has 4 rings (SSSR count). The lowest BCUT2D eigenvalue weighted by atomic mass is 10.1. The molecule has 7 nitrogen and oxygen atoms in total. The number of hydrogen-bond acceptors (Lipinski definition) is 6. The van der Waals surface area contributed by atoms with Crippen LogP contribution in [0.4, 0.5) is 0 Å². The monoisotopic (exact) mass is 379 g/mol. The Morgan fingerprint density at radius 1 is 1.33 bits per heavy atom. The second kappa shape index (κ2) is 7.16. The highest BCUT2D eigenvalue weighted by Gasteiger charge is 2.21. The van der Waals surface area contributed by atoms with Gasteiger partial charge < -0.3 is 10.8 Å². The summed E-state index contributed by atoms with van der Waals surface area (Å²) in [6, 6.07) is 10.7. The normalized spacial score (nSPS) is 14.7. The Kier molecular flexibility index (Phi) is 4.55. The quantitative estimate of drug-likeness (QED) is 0.665. The molecular formula is C19H17N5O2S. The minimum absolute atomic E-state index is 0.0691. The van der Waals surface area contributed by atoms with Gasteiger partial charge in [-0.05, 0) is 43.2 Å². The third kappa shape index (κ3) is 3.80. The number of pyridine rings is 1. The smallest absolute Gasteiger partial charge is 0.252 e. The summed E-state index contributed by atoms with van der Waals surface area (Å²) < 4.78 is 1.73. The second-order valence-electron chi connectivity index (χ2n) is 6.17. The Hall–Kier alpha value is -3.26. The standard InChI is InChI=1S/C19H17N5O2S/c20-18(26)15-9-12(4-7-17(15)25)16-11-27-19(23-13-5-6-13)24(16)22-10-14-3-1-2-8-21-14/h1-4,7-11,13,25H,5-6H2,(H2,20,26). The number of aromatic hydroxyl groups is 1. The summed E-state index contributed by atoms with van der Waals surface area (Å²) >= 11 is 1.48. The number of nitrogens with two attached hydrogens (primary N) is 1. The molecule has 3 N–H and O–H groups in total. The van der Waals surface area contributed by atoms with E-state index < -0.39 is 5.91 Å². The largest absolute Gasteiger partial charge is 0.507 e. The molecule has 1 aliphatic carbocycles. The van der Waals surface area contributed by atoms with E-state index in [9.17, 15) is 9.90 Å². The molecule has 8 heteroatoms. The Morgan fingerprint density at radius 2 is 2.19 bits per heavy atom. The molecule has 27 heavy (non-hydrogen) atoms. The number of carbonyl (C=O) groups excluding carboxylic acids is 1. The number of aromatic nitrogens is 2. The highest BCUT2D eigenvalue weighted by molar-refractivity contribution is 7.07. The Balaban J connectivity index is 1.82. The summed E-state index contributed by atoms with van der Waals surface area (Å²) in [5.74, 6) is -0.830. The van der Waals surface area contributed by atoms with Gasteiger partial charge >= 0.3 is 0 Å². The minimum Gasteiger partial charge on any atom is -0.507 e. The topological polar surface area (TPSA) is 106 Å². The van der Waals surface area contributed by atoms with Crippen molar-refractivity contribution in [2.75, 3.05) is 0 Å². The van der Waals surface area contributed by atoms with Crippen molar-refractivity contribution >= 4 is 23.5 Å². The van der Waals surface area contributed by atoms with Crippen LogP contribution >= 0.6 is 11.3 Å². The Morgan fingerprint density at radius 3 is 2.89 bits per heavy atom. The van der Waals surface area contributed by atoms with Gasteiger partial charge in [0.05, 0.1) is 29.2 Å². The van der Waals surface area contributed by atoms with Gasteiger partial charge in [-0.3, -0.25) is 14.8 Å². The number of carbonyl (C=O) groups is 1. The molecule has 0 bridgehead atoms. The summed E-state index contributed by atoms with van der Waals surface area (Å²) in [6.07, 6.45) is 5.54. The first kappa shape index (κ1) is 17.2. The SMILES string of the molecule is NC(=O)c1cc(-c2csc(=NC3CC3)n2N=Cc2ccccn2)ccc1O. The number of thiazole rings is 1. The van der Waals surface area contributed by atoms with E-state index in [1.165, 1.54) is 17.4 Å². The molecule has 1 aliphatic rings. The number of benzene rings is 1. The molecule has 0 unspecified atom stereocenters. The maximum atomic E-state index is 11.6. The molecule has 0 saturated heterocycles. The van der Waals surface area contributed by atoms with Crippen molar-refractivity contribution in [1.29, 1.82) is 0 Å². The van der Waals surface area contributed by atoms with E-state index in [1.807, 2.05) is 23.6 Å². The molecule has 1 amide bonds. The fourth-order valence-electron chi connectivity index (χ4n) is 2.52. The van der Waals surface area contributed by atoms with E-state index in [0.29, 0.717) is 11.6 Å². The number of amides is 1. The predicted octanol–water partition coefficient (Wildman–Crippen LogP) is 2.36. The molecule has 0 spiro atoms. The van der Waals surface area contributed by atoms with Crippen LogP contribution in [0.5, 0.6) is 5.75 Å². The highest BCUT2D eigenvalue weighted by Crippen LogP contribution is 2.27. The Labute approximate surface area is 159 Å². The van der Waals surface area contributed by atoms with Crippen molar-refractivity contribution in [3.63, 3.8) is 0 Å². The molecule has 0 radical (unpaired) electrons. The first-order chi connectivity index (χ1) is 13.1. The zero-order valence-corrected chi connectivity index (χ0v) is 15.1. The molecule has 3 aromatic rings. The summed E-state index contributed by atoms with van der Waals surface area (Å²) in [4.78, 5) is 21.3. The van der Waals surface area contributed by atoms with Crippen LogP contribution in [0.3, 0.4) is 0 Å². The number of nitrogens with zero attached hydrogens (tertiary/aromatic N) is 4. The molecule has 1 aromatic carbocycles. The number of phenols is 1. The van der Waals surface area contributed by atoms with Crippen LogP contribution in [-0.4, -0.2) is 32.9 Å². The number of hydrogen-bond donors (Lipinski definition) is 2. The van der Waals surface area contributed by atoms with Gasteiger partial charge in [0.1, 0.15) is 5.75 Å².